The molecular formula is C15H9F2N. The third-order valence-corrected chi connectivity index (χ3v) is 2.86. The number of aromatic nitrogens is 1. The standard InChI is InChI=1S/C15H9F2N/c16-12-7-5-10(6-8-12)15-14(17)13-4-2-1-3-11(13)9-18-15/h1-9H. The number of hydrogen-bond acceptors (Lipinski definition) is 1. The van der Waals surface area contributed by atoms with Gasteiger partial charge in [-0.1, -0.05) is 24.3 Å². The van der Waals surface area contributed by atoms with Crippen molar-refractivity contribution < 1.29 is 8.78 Å². The van der Waals surface area contributed by atoms with Crippen molar-refractivity contribution in [3.8, 4) is 11.3 Å². The molecule has 0 saturated carbocycles. The lowest BCUT2D eigenvalue weighted by atomic mass is 10.1. The van der Waals surface area contributed by atoms with Crippen LogP contribution in [-0.4, -0.2) is 4.98 Å². The first-order valence-corrected chi connectivity index (χ1v) is 5.55. The molecule has 3 heteroatoms. The van der Waals surface area contributed by atoms with Gasteiger partial charge in [-0.2, -0.15) is 0 Å². The summed E-state index contributed by atoms with van der Waals surface area (Å²) in [7, 11) is 0. The molecule has 0 N–H and O–H groups in total. The van der Waals surface area contributed by atoms with E-state index < -0.39 is 0 Å². The van der Waals surface area contributed by atoms with Gasteiger partial charge in [0, 0.05) is 22.5 Å². The highest BCUT2D eigenvalue weighted by molar-refractivity contribution is 5.86. The highest BCUT2D eigenvalue weighted by Crippen LogP contribution is 2.26. The largest absolute Gasteiger partial charge is 0.252 e. The van der Waals surface area contributed by atoms with E-state index in [1.54, 1.807) is 24.4 Å². The first-order valence-electron chi connectivity index (χ1n) is 5.55. The molecule has 0 atom stereocenters. The van der Waals surface area contributed by atoms with Gasteiger partial charge in [0.1, 0.15) is 11.5 Å². The predicted octanol–water partition coefficient (Wildman–Crippen LogP) is 4.18. The second-order valence-electron chi connectivity index (χ2n) is 4.01. The zero-order chi connectivity index (χ0) is 12.5. The molecule has 0 aliphatic heterocycles. The zero-order valence-corrected chi connectivity index (χ0v) is 9.40. The minimum absolute atomic E-state index is 0.244. The summed E-state index contributed by atoms with van der Waals surface area (Å²) in [6, 6.07) is 12.8. The van der Waals surface area contributed by atoms with Gasteiger partial charge in [0.25, 0.3) is 0 Å². The summed E-state index contributed by atoms with van der Waals surface area (Å²) in [4.78, 5) is 4.11. The average Bonchev–Trinajstić information content (AvgIpc) is 2.41. The van der Waals surface area contributed by atoms with E-state index in [9.17, 15) is 8.78 Å². The SMILES string of the molecule is Fc1ccc(-c2ncc3ccccc3c2F)cc1. The summed E-state index contributed by atoms with van der Waals surface area (Å²) in [6.45, 7) is 0. The van der Waals surface area contributed by atoms with Crippen LogP contribution in [0.15, 0.2) is 54.7 Å². The first-order chi connectivity index (χ1) is 8.75. The van der Waals surface area contributed by atoms with Crippen molar-refractivity contribution in [2.24, 2.45) is 0 Å². The lowest BCUT2D eigenvalue weighted by molar-refractivity contribution is 0.626. The average molecular weight is 241 g/mol. The third kappa shape index (κ3) is 1.74. The van der Waals surface area contributed by atoms with Crippen molar-refractivity contribution in [2.75, 3.05) is 0 Å². The van der Waals surface area contributed by atoms with Crippen LogP contribution in [0.25, 0.3) is 22.0 Å². The highest BCUT2D eigenvalue weighted by atomic mass is 19.1. The quantitative estimate of drug-likeness (QED) is 0.622. The van der Waals surface area contributed by atoms with Crippen LogP contribution < -0.4 is 0 Å². The molecule has 0 unspecified atom stereocenters. The van der Waals surface area contributed by atoms with Crippen LogP contribution in [0.3, 0.4) is 0 Å². The summed E-state index contributed by atoms with van der Waals surface area (Å²) < 4.78 is 27.1. The maximum atomic E-state index is 14.3. The number of nitrogens with zero attached hydrogens (tertiary/aromatic N) is 1. The third-order valence-electron chi connectivity index (χ3n) is 2.86. The fourth-order valence-corrected chi connectivity index (χ4v) is 1.94. The second kappa shape index (κ2) is 4.18. The summed E-state index contributed by atoms with van der Waals surface area (Å²) in [5.74, 6) is -0.723. The Kier molecular flexibility index (Phi) is 2.52. The normalized spacial score (nSPS) is 10.8. The van der Waals surface area contributed by atoms with E-state index in [-0.39, 0.29) is 17.3 Å². The van der Waals surface area contributed by atoms with Crippen LogP contribution in [0.1, 0.15) is 0 Å². The molecule has 3 aromatic rings. The highest BCUT2D eigenvalue weighted by Gasteiger charge is 2.10. The van der Waals surface area contributed by atoms with E-state index in [2.05, 4.69) is 4.98 Å². The molecule has 1 aromatic heterocycles. The molecule has 0 fully saturated rings. The molecule has 2 aromatic carbocycles. The van der Waals surface area contributed by atoms with Gasteiger partial charge in [0.2, 0.25) is 0 Å². The lowest BCUT2D eigenvalue weighted by Gasteiger charge is -2.05. The number of fused-ring (bicyclic) bond motifs is 1. The van der Waals surface area contributed by atoms with Gasteiger partial charge in [-0.3, -0.25) is 4.98 Å². The Balaban J connectivity index is 2.24. The monoisotopic (exact) mass is 241 g/mol. The number of halogens is 2. The van der Waals surface area contributed by atoms with Crippen molar-refractivity contribution in [3.05, 3.63) is 66.4 Å². The predicted molar refractivity (Wildman–Crippen MR) is 67.1 cm³/mol. The molecular weight excluding hydrogens is 232 g/mol. The fraction of sp³-hybridized carbons (Fsp3) is 0. The number of pyridine rings is 1. The smallest absolute Gasteiger partial charge is 0.157 e. The lowest BCUT2D eigenvalue weighted by Crippen LogP contribution is -1.91. The molecule has 0 spiro atoms. The molecule has 0 aliphatic rings. The molecule has 0 aliphatic carbocycles. The molecule has 1 heterocycles. The Labute approximate surface area is 103 Å². The van der Waals surface area contributed by atoms with Gasteiger partial charge in [0.15, 0.2) is 5.82 Å². The van der Waals surface area contributed by atoms with E-state index in [1.807, 2.05) is 6.07 Å². The van der Waals surface area contributed by atoms with Gasteiger partial charge in [-0.15, -0.1) is 0 Å². The molecule has 3 rings (SSSR count). The Morgan fingerprint density at radius 1 is 0.833 bits per heavy atom. The summed E-state index contributed by atoms with van der Waals surface area (Å²) in [5.41, 5.74) is 0.813. The molecule has 1 nitrogen and oxygen atoms in total. The molecule has 0 bridgehead atoms. The van der Waals surface area contributed by atoms with E-state index in [1.165, 1.54) is 24.3 Å². The van der Waals surface area contributed by atoms with Crippen LogP contribution in [0.4, 0.5) is 8.78 Å². The van der Waals surface area contributed by atoms with E-state index in [0.29, 0.717) is 10.9 Å². The van der Waals surface area contributed by atoms with Gasteiger partial charge >= 0.3 is 0 Å². The van der Waals surface area contributed by atoms with Crippen LogP contribution in [-0.2, 0) is 0 Å². The van der Waals surface area contributed by atoms with E-state index >= 15 is 0 Å². The van der Waals surface area contributed by atoms with Gasteiger partial charge < -0.3 is 0 Å². The van der Waals surface area contributed by atoms with Crippen LogP contribution in [0.2, 0.25) is 0 Å². The molecule has 88 valence electrons. The molecule has 0 radical (unpaired) electrons. The van der Waals surface area contributed by atoms with Gasteiger partial charge in [0.05, 0.1) is 0 Å². The number of hydrogen-bond donors (Lipinski definition) is 0. The van der Waals surface area contributed by atoms with E-state index in [0.717, 1.165) is 5.39 Å². The van der Waals surface area contributed by atoms with Crippen molar-refractivity contribution >= 4 is 10.8 Å². The Morgan fingerprint density at radius 3 is 2.33 bits per heavy atom. The first kappa shape index (κ1) is 10.8. The number of rotatable bonds is 1. The Morgan fingerprint density at radius 2 is 1.56 bits per heavy atom. The molecule has 0 amide bonds. The Hall–Kier alpha value is -2.29. The van der Waals surface area contributed by atoms with Crippen LogP contribution in [0, 0.1) is 11.6 Å². The summed E-state index contributed by atoms with van der Waals surface area (Å²) in [6.07, 6.45) is 1.62. The topological polar surface area (TPSA) is 12.9 Å². The van der Waals surface area contributed by atoms with Crippen molar-refractivity contribution in [1.82, 2.24) is 4.98 Å². The van der Waals surface area contributed by atoms with Crippen LogP contribution >= 0.6 is 0 Å². The van der Waals surface area contributed by atoms with Crippen molar-refractivity contribution in [3.63, 3.8) is 0 Å². The van der Waals surface area contributed by atoms with E-state index in [4.69, 9.17) is 0 Å². The molecule has 18 heavy (non-hydrogen) atoms. The maximum absolute atomic E-state index is 14.3. The van der Waals surface area contributed by atoms with Crippen LogP contribution in [0.5, 0.6) is 0 Å². The van der Waals surface area contributed by atoms with Gasteiger partial charge in [-0.05, 0) is 24.3 Å². The van der Waals surface area contributed by atoms with Crippen molar-refractivity contribution in [2.45, 2.75) is 0 Å². The fourth-order valence-electron chi connectivity index (χ4n) is 1.94. The number of benzene rings is 2. The zero-order valence-electron chi connectivity index (χ0n) is 9.40. The molecule has 0 saturated heterocycles. The Bertz CT molecular complexity index is 705. The second-order valence-corrected chi connectivity index (χ2v) is 4.01. The summed E-state index contributed by atoms with van der Waals surface area (Å²) >= 11 is 0. The maximum Gasteiger partial charge on any atom is 0.157 e. The minimum Gasteiger partial charge on any atom is -0.252 e. The van der Waals surface area contributed by atoms with Gasteiger partial charge in [-0.25, -0.2) is 8.78 Å². The minimum atomic E-state index is -0.375. The summed E-state index contributed by atoms with van der Waals surface area (Å²) in [5, 5.41) is 1.27. The van der Waals surface area contributed by atoms with Crippen molar-refractivity contribution in [1.29, 1.82) is 0 Å².